The summed E-state index contributed by atoms with van der Waals surface area (Å²) < 4.78 is 0. The lowest BCUT2D eigenvalue weighted by Crippen LogP contribution is -2.34. The van der Waals surface area contributed by atoms with E-state index in [1.807, 2.05) is 0 Å². The molecule has 4 aromatic rings. The van der Waals surface area contributed by atoms with Crippen molar-refractivity contribution in [1.29, 1.82) is 0 Å². The third kappa shape index (κ3) is 2.42. The van der Waals surface area contributed by atoms with Gasteiger partial charge < -0.3 is 0 Å². The average molecular weight is 401 g/mol. The van der Waals surface area contributed by atoms with Crippen LogP contribution in [0.1, 0.15) is 65.3 Å². The zero-order valence-electron chi connectivity index (χ0n) is 18.8. The molecule has 0 nitrogen and oxygen atoms in total. The molecule has 0 heterocycles. The van der Waals surface area contributed by atoms with E-state index in [-0.39, 0.29) is 10.8 Å². The highest BCUT2D eigenvalue weighted by atomic mass is 14.5. The van der Waals surface area contributed by atoms with E-state index in [0.29, 0.717) is 0 Å². The second kappa shape index (κ2) is 6.20. The van der Waals surface area contributed by atoms with Gasteiger partial charge in [-0.15, -0.1) is 0 Å². The summed E-state index contributed by atoms with van der Waals surface area (Å²) in [6, 6.07) is 32.5. The first kappa shape index (κ1) is 18.6. The second-order valence-corrected chi connectivity index (χ2v) is 10.3. The van der Waals surface area contributed by atoms with E-state index in [4.69, 9.17) is 0 Å². The number of benzene rings is 4. The van der Waals surface area contributed by atoms with Crippen molar-refractivity contribution in [2.24, 2.45) is 0 Å². The zero-order valence-corrected chi connectivity index (χ0v) is 18.8. The van der Waals surface area contributed by atoms with Crippen LogP contribution in [0, 0.1) is 6.92 Å². The predicted octanol–water partition coefficient (Wildman–Crippen LogP) is 7.56. The van der Waals surface area contributed by atoms with Crippen molar-refractivity contribution in [3.05, 3.63) is 129 Å². The summed E-state index contributed by atoms with van der Waals surface area (Å²) in [5.41, 5.74) is 14.0. The van der Waals surface area contributed by atoms with Gasteiger partial charge in [-0.25, -0.2) is 0 Å². The first-order valence-corrected chi connectivity index (χ1v) is 11.3. The first-order valence-electron chi connectivity index (χ1n) is 11.3. The quantitative estimate of drug-likeness (QED) is 0.247. The van der Waals surface area contributed by atoms with Crippen molar-refractivity contribution < 1.29 is 0 Å². The van der Waals surface area contributed by atoms with Gasteiger partial charge in [-0.05, 0) is 68.8 Å². The highest BCUT2D eigenvalue weighted by Gasteiger charge is 2.49. The van der Waals surface area contributed by atoms with Crippen LogP contribution in [0.25, 0.3) is 11.1 Å². The normalized spacial score (nSPS) is 18.3. The largest absolute Gasteiger partial charge is 0.0719 e. The van der Waals surface area contributed by atoms with Crippen molar-refractivity contribution in [2.75, 3.05) is 0 Å². The Morgan fingerprint density at radius 2 is 1.29 bits per heavy atom. The molecule has 0 aromatic heterocycles. The van der Waals surface area contributed by atoms with E-state index in [2.05, 4.69) is 113 Å². The van der Waals surface area contributed by atoms with Crippen LogP contribution in [0.5, 0.6) is 0 Å². The molecule has 0 saturated heterocycles. The van der Waals surface area contributed by atoms with Gasteiger partial charge in [0.1, 0.15) is 0 Å². The highest BCUT2D eigenvalue weighted by Crippen LogP contribution is 2.59. The summed E-state index contributed by atoms with van der Waals surface area (Å²) in [6.45, 7) is 9.16. The zero-order chi connectivity index (χ0) is 21.4. The topological polar surface area (TPSA) is 0 Å². The van der Waals surface area contributed by atoms with E-state index >= 15 is 0 Å². The molecule has 0 N–H and O–H groups in total. The van der Waals surface area contributed by atoms with E-state index < -0.39 is 0 Å². The van der Waals surface area contributed by atoms with Crippen molar-refractivity contribution in [1.82, 2.24) is 0 Å². The highest BCUT2D eigenvalue weighted by molar-refractivity contribution is 5.88. The molecule has 0 aliphatic heterocycles. The van der Waals surface area contributed by atoms with Crippen LogP contribution in [0.3, 0.4) is 0 Å². The molecule has 1 spiro atoms. The smallest absolute Gasteiger partial charge is 0.0620 e. The van der Waals surface area contributed by atoms with Crippen molar-refractivity contribution in [2.45, 2.75) is 44.9 Å². The van der Waals surface area contributed by atoms with Crippen molar-refractivity contribution in [3.8, 4) is 11.1 Å². The van der Waals surface area contributed by atoms with Gasteiger partial charge in [-0.1, -0.05) is 111 Å². The molecule has 6 rings (SSSR count). The van der Waals surface area contributed by atoms with Gasteiger partial charge in [0.25, 0.3) is 0 Å². The second-order valence-electron chi connectivity index (χ2n) is 10.3. The Bertz CT molecular complexity index is 1350. The third-order valence-corrected chi connectivity index (χ3v) is 7.38. The fourth-order valence-electron chi connectivity index (χ4n) is 5.95. The molecular weight excluding hydrogens is 372 g/mol. The van der Waals surface area contributed by atoms with Gasteiger partial charge in [-0.3, -0.25) is 0 Å². The van der Waals surface area contributed by atoms with Gasteiger partial charge in [0.2, 0.25) is 0 Å². The maximum atomic E-state index is 2.50. The predicted molar refractivity (Wildman–Crippen MR) is 130 cm³/mol. The monoisotopic (exact) mass is 400 g/mol. The molecule has 1 unspecified atom stereocenters. The molecule has 0 heteroatoms. The number of fused-ring (bicyclic) bond motifs is 9. The molecule has 0 fully saturated rings. The molecule has 0 radical (unpaired) electrons. The van der Waals surface area contributed by atoms with E-state index in [1.165, 1.54) is 55.6 Å². The van der Waals surface area contributed by atoms with Crippen LogP contribution in [0.4, 0.5) is 0 Å². The molecule has 2 aliphatic rings. The van der Waals surface area contributed by atoms with Crippen LogP contribution >= 0.6 is 0 Å². The van der Waals surface area contributed by atoms with E-state index in [9.17, 15) is 0 Å². The number of rotatable bonds is 0. The Hall–Kier alpha value is -3.12. The standard InChI is InChI=1S/C31H28/c1-20-13-16-27-22(17-20)18-21-9-5-7-11-26(21)31(27)28-12-8-6-10-24(28)25-15-14-23(19-29(25)31)30(2,3)4/h5-17,19H,18H2,1-4H3. The van der Waals surface area contributed by atoms with Gasteiger partial charge in [-0.2, -0.15) is 0 Å². The SMILES string of the molecule is Cc1ccc2c(c1)Cc1ccccc1C21c2ccccc2-c2ccc(C(C)(C)C)cc21. The fraction of sp³-hybridized carbons (Fsp3) is 0.226. The molecule has 0 saturated carbocycles. The summed E-state index contributed by atoms with van der Waals surface area (Å²) in [4.78, 5) is 0. The van der Waals surface area contributed by atoms with Crippen molar-refractivity contribution >= 4 is 0 Å². The minimum atomic E-state index is -0.245. The molecule has 152 valence electrons. The Labute approximate surface area is 185 Å². The van der Waals surface area contributed by atoms with E-state index in [1.54, 1.807) is 0 Å². The van der Waals surface area contributed by atoms with Gasteiger partial charge in [0, 0.05) is 0 Å². The van der Waals surface area contributed by atoms with Crippen LogP contribution in [-0.2, 0) is 17.3 Å². The van der Waals surface area contributed by atoms with E-state index in [0.717, 1.165) is 6.42 Å². The third-order valence-electron chi connectivity index (χ3n) is 7.38. The van der Waals surface area contributed by atoms with Crippen LogP contribution < -0.4 is 0 Å². The Morgan fingerprint density at radius 3 is 2.10 bits per heavy atom. The maximum absolute atomic E-state index is 2.50. The van der Waals surface area contributed by atoms with Gasteiger partial charge in [0.05, 0.1) is 5.41 Å². The summed E-state index contributed by atoms with van der Waals surface area (Å²) in [5, 5.41) is 0. The van der Waals surface area contributed by atoms with Crippen LogP contribution in [0.2, 0.25) is 0 Å². The lowest BCUT2D eigenvalue weighted by atomic mass is 9.61. The molecule has 0 bridgehead atoms. The minimum absolute atomic E-state index is 0.106. The molecule has 31 heavy (non-hydrogen) atoms. The Balaban J connectivity index is 1.82. The molecule has 1 atom stereocenters. The van der Waals surface area contributed by atoms with Crippen LogP contribution in [0.15, 0.2) is 84.9 Å². The fourth-order valence-corrected chi connectivity index (χ4v) is 5.95. The molecule has 4 aromatic carbocycles. The summed E-state index contributed by atoms with van der Waals surface area (Å²) in [6.07, 6.45) is 1.01. The maximum Gasteiger partial charge on any atom is 0.0719 e. The van der Waals surface area contributed by atoms with Crippen LogP contribution in [-0.4, -0.2) is 0 Å². The lowest BCUT2D eigenvalue weighted by molar-refractivity contribution is 0.587. The first-order chi connectivity index (χ1) is 14.9. The molecular formula is C31H28. The number of hydrogen-bond acceptors (Lipinski definition) is 0. The van der Waals surface area contributed by atoms with Gasteiger partial charge in [0.15, 0.2) is 0 Å². The minimum Gasteiger partial charge on any atom is -0.0620 e. The molecule has 2 aliphatic carbocycles. The average Bonchev–Trinajstić information content (AvgIpc) is 3.04. The summed E-state index contributed by atoms with van der Waals surface area (Å²) in [7, 11) is 0. The summed E-state index contributed by atoms with van der Waals surface area (Å²) >= 11 is 0. The Morgan fingerprint density at radius 1 is 0.613 bits per heavy atom. The van der Waals surface area contributed by atoms with Crippen molar-refractivity contribution in [3.63, 3.8) is 0 Å². The number of aryl methyl sites for hydroxylation is 1. The van der Waals surface area contributed by atoms with Gasteiger partial charge >= 0.3 is 0 Å². The molecule has 0 amide bonds. The number of hydrogen-bond donors (Lipinski definition) is 0. The lowest BCUT2D eigenvalue weighted by Gasteiger charge is -2.40. The summed E-state index contributed by atoms with van der Waals surface area (Å²) in [5.74, 6) is 0. The Kier molecular flexibility index (Phi) is 3.73.